The second-order valence-electron chi connectivity index (χ2n) is 4.25. The third-order valence-corrected chi connectivity index (χ3v) is 4.65. The number of hydrogen-bond acceptors (Lipinski definition) is 2. The van der Waals surface area contributed by atoms with Gasteiger partial charge in [0.25, 0.3) is 0 Å². The molecule has 0 radical (unpaired) electrons. The molecule has 0 aliphatic carbocycles. The summed E-state index contributed by atoms with van der Waals surface area (Å²) >= 11 is 10.2. The summed E-state index contributed by atoms with van der Waals surface area (Å²) in [5.41, 5.74) is 2.46. The van der Waals surface area contributed by atoms with Crippen molar-refractivity contribution in [3.63, 3.8) is 0 Å². The molecule has 2 aromatic carbocycles. The van der Waals surface area contributed by atoms with Crippen LogP contribution >= 0.6 is 39.9 Å². The predicted octanol–water partition coefficient (Wildman–Crippen LogP) is 5.31. The SMILES string of the molecule is CSc1cccc(-n2c(=S)[nH]c3cc(Br)c(F)cc32)c1. The second-order valence-corrected chi connectivity index (χ2v) is 6.37. The Bertz CT molecular complexity index is 854. The van der Waals surface area contributed by atoms with Crippen LogP contribution in [0.25, 0.3) is 16.7 Å². The van der Waals surface area contributed by atoms with Crippen LogP contribution < -0.4 is 0 Å². The van der Waals surface area contributed by atoms with Crippen molar-refractivity contribution in [1.29, 1.82) is 0 Å². The van der Waals surface area contributed by atoms with Crippen molar-refractivity contribution in [3.05, 3.63) is 51.5 Å². The lowest BCUT2D eigenvalue weighted by atomic mass is 10.2. The summed E-state index contributed by atoms with van der Waals surface area (Å²) in [4.78, 5) is 4.24. The molecule has 0 atom stereocenters. The molecule has 1 heterocycles. The number of imidazole rings is 1. The molecule has 2 nitrogen and oxygen atoms in total. The molecule has 0 saturated carbocycles. The van der Waals surface area contributed by atoms with Crippen LogP contribution in [0, 0.1) is 10.6 Å². The fraction of sp³-hybridized carbons (Fsp3) is 0.0714. The zero-order valence-corrected chi connectivity index (χ0v) is 13.7. The Morgan fingerprint density at radius 2 is 2.10 bits per heavy atom. The molecular weight excluding hydrogens is 359 g/mol. The van der Waals surface area contributed by atoms with Crippen molar-refractivity contribution >= 4 is 50.9 Å². The first-order valence-corrected chi connectivity index (χ1v) is 8.27. The van der Waals surface area contributed by atoms with Crippen LogP contribution in [0.3, 0.4) is 0 Å². The van der Waals surface area contributed by atoms with E-state index in [1.54, 1.807) is 17.8 Å². The van der Waals surface area contributed by atoms with Gasteiger partial charge in [-0.05, 0) is 58.7 Å². The standard InChI is InChI=1S/C14H10BrFN2S2/c1-20-9-4-2-3-8(5-9)18-13-7-11(16)10(15)6-12(13)17-14(18)19/h2-7H,1H3,(H,17,19). The minimum atomic E-state index is -0.304. The van der Waals surface area contributed by atoms with Crippen molar-refractivity contribution in [2.75, 3.05) is 6.26 Å². The topological polar surface area (TPSA) is 20.7 Å². The Labute approximate surface area is 133 Å². The summed E-state index contributed by atoms with van der Waals surface area (Å²) in [6, 6.07) is 11.2. The average molecular weight is 369 g/mol. The van der Waals surface area contributed by atoms with Gasteiger partial charge >= 0.3 is 0 Å². The maximum absolute atomic E-state index is 13.8. The van der Waals surface area contributed by atoms with Gasteiger partial charge in [-0.15, -0.1) is 11.8 Å². The Balaban J connectivity index is 2.32. The van der Waals surface area contributed by atoms with E-state index in [4.69, 9.17) is 12.2 Å². The quantitative estimate of drug-likeness (QED) is 0.488. The van der Waals surface area contributed by atoms with Crippen LogP contribution in [0.5, 0.6) is 0 Å². The Hall–Kier alpha value is -1.11. The van der Waals surface area contributed by atoms with E-state index in [9.17, 15) is 4.39 Å². The molecule has 0 aliphatic rings. The van der Waals surface area contributed by atoms with Crippen LogP contribution in [0.1, 0.15) is 0 Å². The van der Waals surface area contributed by atoms with Gasteiger partial charge in [0.1, 0.15) is 5.82 Å². The summed E-state index contributed by atoms with van der Waals surface area (Å²) in [5, 5.41) is 0. The summed E-state index contributed by atoms with van der Waals surface area (Å²) in [6.45, 7) is 0. The van der Waals surface area contributed by atoms with Crippen LogP contribution in [0.4, 0.5) is 4.39 Å². The number of nitrogens with one attached hydrogen (secondary N) is 1. The highest BCUT2D eigenvalue weighted by Crippen LogP contribution is 2.27. The van der Waals surface area contributed by atoms with Crippen molar-refractivity contribution in [3.8, 4) is 5.69 Å². The van der Waals surface area contributed by atoms with Gasteiger partial charge in [0.2, 0.25) is 0 Å². The number of aromatic amines is 1. The van der Waals surface area contributed by atoms with Crippen LogP contribution in [-0.2, 0) is 0 Å². The summed E-state index contributed by atoms with van der Waals surface area (Å²) in [7, 11) is 0. The average Bonchev–Trinajstić information content (AvgIpc) is 2.74. The lowest BCUT2D eigenvalue weighted by Gasteiger charge is -2.06. The first kappa shape index (κ1) is 13.9. The summed E-state index contributed by atoms with van der Waals surface area (Å²) in [5.74, 6) is -0.304. The number of halogens is 2. The maximum atomic E-state index is 13.8. The number of nitrogens with zero attached hydrogens (tertiary/aromatic N) is 1. The number of rotatable bonds is 2. The fourth-order valence-electron chi connectivity index (χ4n) is 2.11. The second kappa shape index (κ2) is 5.35. The van der Waals surface area contributed by atoms with E-state index >= 15 is 0 Å². The Morgan fingerprint density at radius 1 is 1.30 bits per heavy atom. The molecule has 20 heavy (non-hydrogen) atoms. The lowest BCUT2D eigenvalue weighted by molar-refractivity contribution is 0.622. The lowest BCUT2D eigenvalue weighted by Crippen LogP contribution is -1.94. The van der Waals surface area contributed by atoms with E-state index < -0.39 is 0 Å². The Morgan fingerprint density at radius 3 is 2.85 bits per heavy atom. The van der Waals surface area contributed by atoms with Crippen molar-refractivity contribution in [2.45, 2.75) is 4.90 Å². The summed E-state index contributed by atoms with van der Waals surface area (Å²) < 4.78 is 16.6. The number of benzene rings is 2. The van der Waals surface area contributed by atoms with E-state index in [0.29, 0.717) is 9.24 Å². The van der Waals surface area contributed by atoms with Gasteiger partial charge in [0.15, 0.2) is 4.77 Å². The molecule has 0 fully saturated rings. The van der Waals surface area contributed by atoms with Gasteiger partial charge in [-0.3, -0.25) is 4.57 Å². The van der Waals surface area contributed by atoms with Crippen molar-refractivity contribution in [1.82, 2.24) is 9.55 Å². The molecule has 6 heteroatoms. The maximum Gasteiger partial charge on any atom is 0.182 e. The number of aromatic nitrogens is 2. The van der Waals surface area contributed by atoms with E-state index in [1.165, 1.54) is 6.07 Å². The van der Waals surface area contributed by atoms with E-state index in [1.807, 2.05) is 35.1 Å². The molecule has 0 unspecified atom stereocenters. The van der Waals surface area contributed by atoms with Gasteiger partial charge in [0, 0.05) is 16.6 Å². The highest BCUT2D eigenvalue weighted by molar-refractivity contribution is 9.10. The van der Waals surface area contributed by atoms with Crippen LogP contribution in [0.15, 0.2) is 45.8 Å². The highest BCUT2D eigenvalue weighted by atomic mass is 79.9. The molecule has 0 spiro atoms. The molecule has 0 amide bonds. The van der Waals surface area contributed by atoms with Crippen LogP contribution in [0.2, 0.25) is 0 Å². The number of hydrogen-bond donors (Lipinski definition) is 1. The zero-order chi connectivity index (χ0) is 14.3. The monoisotopic (exact) mass is 368 g/mol. The smallest absolute Gasteiger partial charge is 0.182 e. The minimum Gasteiger partial charge on any atom is -0.330 e. The zero-order valence-electron chi connectivity index (χ0n) is 10.5. The van der Waals surface area contributed by atoms with Gasteiger partial charge in [0.05, 0.1) is 15.5 Å². The third-order valence-electron chi connectivity index (χ3n) is 3.04. The predicted molar refractivity (Wildman–Crippen MR) is 87.9 cm³/mol. The van der Waals surface area contributed by atoms with Gasteiger partial charge in [-0.2, -0.15) is 0 Å². The molecule has 0 aliphatic heterocycles. The van der Waals surface area contributed by atoms with E-state index in [0.717, 1.165) is 21.6 Å². The van der Waals surface area contributed by atoms with Gasteiger partial charge < -0.3 is 4.98 Å². The molecular formula is C14H10BrFN2S2. The minimum absolute atomic E-state index is 0.304. The molecule has 3 aromatic rings. The number of thioether (sulfide) groups is 1. The molecule has 1 aromatic heterocycles. The van der Waals surface area contributed by atoms with Crippen molar-refractivity contribution in [2.24, 2.45) is 0 Å². The molecule has 0 saturated heterocycles. The molecule has 102 valence electrons. The molecule has 3 rings (SSSR count). The van der Waals surface area contributed by atoms with Gasteiger partial charge in [-0.1, -0.05) is 6.07 Å². The summed E-state index contributed by atoms with van der Waals surface area (Å²) in [6.07, 6.45) is 2.02. The van der Waals surface area contributed by atoms with Gasteiger partial charge in [-0.25, -0.2) is 4.39 Å². The first-order chi connectivity index (χ1) is 9.60. The first-order valence-electron chi connectivity index (χ1n) is 5.84. The fourth-order valence-corrected chi connectivity index (χ4v) is 3.22. The Kier molecular flexibility index (Phi) is 3.70. The van der Waals surface area contributed by atoms with E-state index in [-0.39, 0.29) is 5.82 Å². The molecule has 1 N–H and O–H groups in total. The largest absolute Gasteiger partial charge is 0.330 e. The number of fused-ring (bicyclic) bond motifs is 1. The normalized spacial score (nSPS) is 11.2. The highest BCUT2D eigenvalue weighted by Gasteiger charge is 2.10. The third kappa shape index (κ3) is 2.32. The van der Waals surface area contributed by atoms with Crippen LogP contribution in [-0.4, -0.2) is 15.8 Å². The van der Waals surface area contributed by atoms with E-state index in [2.05, 4.69) is 20.9 Å². The number of H-pyrrole nitrogens is 1. The molecule has 0 bridgehead atoms. The van der Waals surface area contributed by atoms with Crippen molar-refractivity contribution < 1.29 is 4.39 Å².